The van der Waals surface area contributed by atoms with Crippen LogP contribution in [0.3, 0.4) is 0 Å². The van der Waals surface area contributed by atoms with Gasteiger partial charge in [-0.3, -0.25) is 0 Å². The Bertz CT molecular complexity index is 727. The van der Waals surface area contributed by atoms with E-state index in [1.165, 1.54) is 31.0 Å². The van der Waals surface area contributed by atoms with Crippen LogP contribution in [0.1, 0.15) is 50.3 Å². The molecular weight excluding hydrogens is 434 g/mol. The molecule has 0 amide bonds. The molecule has 2 heterocycles. The molecule has 7 heteroatoms. The maximum atomic E-state index is 13.9. The lowest BCUT2D eigenvalue weighted by atomic mass is 10.0. The number of halogens is 2. The molecule has 31 heavy (non-hydrogen) atoms. The van der Waals surface area contributed by atoms with Crippen molar-refractivity contribution in [1.29, 1.82) is 0 Å². The molecule has 2 fully saturated rings. The molecule has 2 aromatic rings. The zero-order valence-corrected chi connectivity index (χ0v) is 20.8. The van der Waals surface area contributed by atoms with E-state index in [4.69, 9.17) is 10.8 Å². The molecule has 1 saturated heterocycles. The van der Waals surface area contributed by atoms with Gasteiger partial charge in [0.25, 0.3) is 0 Å². The highest BCUT2D eigenvalue weighted by molar-refractivity contribution is 7.79. The smallest absolute Gasteiger partial charge is 0.134 e. The van der Waals surface area contributed by atoms with E-state index in [1.54, 1.807) is 17.6 Å². The van der Waals surface area contributed by atoms with Crippen molar-refractivity contribution in [1.82, 2.24) is 5.32 Å². The number of thiophene rings is 1. The third kappa shape index (κ3) is 8.46. The molecule has 2 aliphatic rings. The van der Waals surface area contributed by atoms with Crippen LogP contribution in [0.25, 0.3) is 11.1 Å². The SMILES string of the molecule is CC(C)C1CC1c1sccc1-c1c(F)cccc1F.CO.CS.NC1CCCNCC1. The van der Waals surface area contributed by atoms with Crippen molar-refractivity contribution in [3.63, 3.8) is 0 Å². The molecular formula is C24H38F2N2OS2. The number of aliphatic hydroxyl groups excluding tert-OH is 1. The van der Waals surface area contributed by atoms with Crippen molar-refractivity contribution in [2.45, 2.75) is 51.5 Å². The van der Waals surface area contributed by atoms with Crippen molar-refractivity contribution in [3.8, 4) is 11.1 Å². The minimum Gasteiger partial charge on any atom is -0.400 e. The van der Waals surface area contributed by atoms with Gasteiger partial charge >= 0.3 is 0 Å². The summed E-state index contributed by atoms with van der Waals surface area (Å²) in [6.07, 6.45) is 6.44. The first kappa shape index (κ1) is 28.0. The Morgan fingerprint density at radius 1 is 1.10 bits per heavy atom. The van der Waals surface area contributed by atoms with Crippen LogP contribution in [0.4, 0.5) is 8.78 Å². The summed E-state index contributed by atoms with van der Waals surface area (Å²) in [6.45, 7) is 6.69. The molecule has 0 bridgehead atoms. The first-order chi connectivity index (χ1) is 15.0. The van der Waals surface area contributed by atoms with Gasteiger partial charge in [0.15, 0.2) is 0 Å². The molecule has 4 N–H and O–H groups in total. The molecule has 1 aromatic heterocycles. The van der Waals surface area contributed by atoms with Crippen LogP contribution in [-0.2, 0) is 0 Å². The number of thiol groups is 1. The number of rotatable bonds is 3. The van der Waals surface area contributed by atoms with Crippen LogP contribution in [0.2, 0.25) is 0 Å². The summed E-state index contributed by atoms with van der Waals surface area (Å²) in [7, 11) is 1.00. The first-order valence-electron chi connectivity index (χ1n) is 10.9. The summed E-state index contributed by atoms with van der Waals surface area (Å²) in [6, 6.07) is 6.37. The fourth-order valence-corrected chi connectivity index (χ4v) is 4.96. The molecule has 176 valence electrons. The second kappa shape index (κ2) is 15.0. The topological polar surface area (TPSA) is 58.3 Å². The van der Waals surface area contributed by atoms with E-state index in [2.05, 4.69) is 31.8 Å². The van der Waals surface area contributed by atoms with Gasteiger partial charge in [-0.05, 0) is 86.4 Å². The van der Waals surface area contributed by atoms with E-state index in [0.717, 1.165) is 43.5 Å². The molecule has 3 nitrogen and oxygen atoms in total. The van der Waals surface area contributed by atoms with Crippen LogP contribution in [-0.4, -0.2) is 37.6 Å². The number of nitrogens with one attached hydrogen (secondary N) is 1. The minimum absolute atomic E-state index is 0.133. The number of aliphatic hydroxyl groups is 1. The summed E-state index contributed by atoms with van der Waals surface area (Å²) >= 11 is 5.15. The highest BCUT2D eigenvalue weighted by atomic mass is 32.1. The molecule has 1 aromatic carbocycles. The molecule has 1 saturated carbocycles. The van der Waals surface area contributed by atoms with Crippen LogP contribution in [0.5, 0.6) is 0 Å². The lowest BCUT2D eigenvalue weighted by Gasteiger charge is -2.07. The van der Waals surface area contributed by atoms with E-state index < -0.39 is 11.6 Å². The predicted octanol–water partition coefficient (Wildman–Crippen LogP) is 5.69. The van der Waals surface area contributed by atoms with E-state index in [1.807, 2.05) is 11.4 Å². The van der Waals surface area contributed by atoms with Gasteiger partial charge in [-0.25, -0.2) is 8.78 Å². The summed E-state index contributed by atoms with van der Waals surface area (Å²) in [5, 5.41) is 12.2. The quantitative estimate of drug-likeness (QED) is 0.434. The van der Waals surface area contributed by atoms with E-state index >= 15 is 0 Å². The van der Waals surface area contributed by atoms with Crippen molar-refractivity contribution < 1.29 is 13.9 Å². The number of hydrogen-bond acceptors (Lipinski definition) is 5. The largest absolute Gasteiger partial charge is 0.400 e. The molecule has 4 rings (SSSR count). The summed E-state index contributed by atoms with van der Waals surface area (Å²) in [5.74, 6) is 0.828. The van der Waals surface area contributed by atoms with E-state index in [-0.39, 0.29) is 5.56 Å². The van der Waals surface area contributed by atoms with Crippen LogP contribution < -0.4 is 11.1 Å². The average Bonchev–Trinajstić information content (AvgIpc) is 3.50. The highest BCUT2D eigenvalue weighted by Gasteiger charge is 2.42. The summed E-state index contributed by atoms with van der Waals surface area (Å²) < 4.78 is 27.8. The van der Waals surface area contributed by atoms with Gasteiger partial charge in [-0.15, -0.1) is 11.3 Å². The number of nitrogens with two attached hydrogens (primary N) is 1. The third-order valence-electron chi connectivity index (χ3n) is 5.58. The first-order valence-corrected chi connectivity index (χ1v) is 12.6. The Balaban J connectivity index is 0.000000336. The molecule has 0 spiro atoms. The van der Waals surface area contributed by atoms with Crippen LogP contribution in [0, 0.1) is 23.5 Å². The van der Waals surface area contributed by atoms with Crippen molar-refractivity contribution in [2.24, 2.45) is 17.6 Å². The van der Waals surface area contributed by atoms with Crippen molar-refractivity contribution in [2.75, 3.05) is 26.5 Å². The van der Waals surface area contributed by atoms with E-state index in [9.17, 15) is 8.78 Å². The van der Waals surface area contributed by atoms with Gasteiger partial charge in [0.1, 0.15) is 11.6 Å². The van der Waals surface area contributed by atoms with Crippen LogP contribution in [0.15, 0.2) is 29.6 Å². The standard InChI is InChI=1S/C16H16F2S.C6H14N2.CH4O.CH4S/c1-9(2)11-8-12(11)16-10(6-7-19-16)15-13(17)4-3-5-14(15)18;7-6-2-1-4-8-5-3-6;2*1-2/h3-7,9,11-12H,8H2,1-2H3;6,8H,1-5,7H2;2*2H,1H3. The van der Waals surface area contributed by atoms with E-state index in [0.29, 0.717) is 23.8 Å². The fraction of sp³-hybridized carbons (Fsp3) is 0.583. The normalized spacial score (nSPS) is 22.1. The van der Waals surface area contributed by atoms with Crippen molar-refractivity contribution in [3.05, 3.63) is 46.2 Å². The lowest BCUT2D eigenvalue weighted by Crippen LogP contribution is -2.21. The number of hydrogen-bond donors (Lipinski definition) is 4. The minimum atomic E-state index is -0.471. The zero-order valence-electron chi connectivity index (χ0n) is 19.1. The Hall–Kier alpha value is -0.990. The highest BCUT2D eigenvalue weighted by Crippen LogP contribution is 2.55. The second-order valence-electron chi connectivity index (χ2n) is 7.99. The Kier molecular flexibility index (Phi) is 13.5. The van der Waals surface area contributed by atoms with Crippen LogP contribution >= 0.6 is 24.0 Å². The predicted molar refractivity (Wildman–Crippen MR) is 133 cm³/mol. The molecule has 3 unspecified atom stereocenters. The summed E-state index contributed by atoms with van der Waals surface area (Å²) in [5.41, 5.74) is 6.57. The Morgan fingerprint density at radius 3 is 2.32 bits per heavy atom. The lowest BCUT2D eigenvalue weighted by molar-refractivity contribution is 0.399. The molecule has 1 aliphatic heterocycles. The molecule has 0 radical (unpaired) electrons. The molecule has 1 aliphatic carbocycles. The van der Waals surface area contributed by atoms with Crippen molar-refractivity contribution >= 4 is 24.0 Å². The monoisotopic (exact) mass is 472 g/mol. The Morgan fingerprint density at radius 2 is 1.74 bits per heavy atom. The van der Waals surface area contributed by atoms with Gasteiger partial charge in [-0.2, -0.15) is 12.6 Å². The van der Waals surface area contributed by atoms with Gasteiger partial charge in [0.2, 0.25) is 0 Å². The van der Waals surface area contributed by atoms with Gasteiger partial charge < -0.3 is 16.2 Å². The van der Waals surface area contributed by atoms with Gasteiger partial charge in [0.05, 0.1) is 5.56 Å². The Labute approximate surface area is 195 Å². The third-order valence-corrected chi connectivity index (χ3v) is 6.63. The maximum absolute atomic E-state index is 13.9. The zero-order chi connectivity index (χ0) is 23.4. The van der Waals surface area contributed by atoms with Gasteiger partial charge in [0, 0.05) is 23.6 Å². The maximum Gasteiger partial charge on any atom is 0.134 e. The number of benzene rings is 1. The summed E-state index contributed by atoms with van der Waals surface area (Å²) in [4.78, 5) is 1.14. The van der Waals surface area contributed by atoms with Gasteiger partial charge in [-0.1, -0.05) is 19.9 Å². The second-order valence-corrected chi connectivity index (χ2v) is 8.93. The molecule has 3 atom stereocenters. The average molecular weight is 473 g/mol. The fourth-order valence-electron chi connectivity index (χ4n) is 3.87.